The van der Waals surface area contributed by atoms with Gasteiger partial charge in [0.2, 0.25) is 10.0 Å². The third-order valence-electron chi connectivity index (χ3n) is 5.22. The summed E-state index contributed by atoms with van der Waals surface area (Å²) in [4.78, 5) is 13.1. The van der Waals surface area contributed by atoms with Crippen LogP contribution >= 0.6 is 0 Å². The molecule has 0 aliphatic carbocycles. The lowest BCUT2D eigenvalue weighted by molar-refractivity contribution is 0.0677. The first kappa shape index (κ1) is 21.6. The number of methoxy groups -OCH3 is 1. The highest BCUT2D eigenvalue weighted by Crippen LogP contribution is 2.38. The van der Waals surface area contributed by atoms with Gasteiger partial charge in [0.15, 0.2) is 5.76 Å². The molecule has 3 aromatic rings. The van der Waals surface area contributed by atoms with Gasteiger partial charge in [-0.2, -0.15) is 5.10 Å². The van der Waals surface area contributed by atoms with E-state index in [2.05, 4.69) is 9.82 Å². The molecule has 0 radical (unpaired) electrons. The fourth-order valence-corrected chi connectivity index (χ4v) is 4.19. The summed E-state index contributed by atoms with van der Waals surface area (Å²) in [6, 6.07) is 17.3. The van der Waals surface area contributed by atoms with Crippen LogP contribution in [0, 0.1) is 0 Å². The quantitative estimate of drug-likeness (QED) is 0.582. The molecule has 0 unspecified atom stereocenters. The van der Waals surface area contributed by atoms with E-state index >= 15 is 0 Å². The summed E-state index contributed by atoms with van der Waals surface area (Å²) >= 11 is 0. The number of hydrogen-bond donors (Lipinski definition) is 1. The van der Waals surface area contributed by atoms with Crippen LogP contribution in [0.25, 0.3) is 0 Å². The third kappa shape index (κ3) is 4.38. The van der Waals surface area contributed by atoms with Gasteiger partial charge in [-0.15, -0.1) is 0 Å². The summed E-state index contributed by atoms with van der Waals surface area (Å²) in [5, 5.41) is 6.03. The molecule has 1 aliphatic rings. The van der Waals surface area contributed by atoms with Crippen molar-refractivity contribution in [3.63, 3.8) is 0 Å². The van der Waals surface area contributed by atoms with E-state index in [0.29, 0.717) is 23.6 Å². The van der Waals surface area contributed by atoms with Crippen molar-refractivity contribution in [3.05, 3.63) is 83.8 Å². The highest BCUT2D eigenvalue weighted by atomic mass is 32.2. The molecule has 0 saturated heterocycles. The van der Waals surface area contributed by atoms with Crippen LogP contribution in [0.1, 0.15) is 41.1 Å². The largest absolute Gasteiger partial charge is 0.496 e. The summed E-state index contributed by atoms with van der Waals surface area (Å²) in [6.07, 6.45) is 1.91. The first-order valence-electron chi connectivity index (χ1n) is 10.1. The van der Waals surface area contributed by atoms with Gasteiger partial charge >= 0.3 is 5.91 Å². The SMILES string of the molecule is CCS(=O)(=O)Nc1ccc(C2=NN(C(=O)c3ccco3)[C@H](c3ccccc3OC)C2)cc1. The Morgan fingerprint density at radius 2 is 1.91 bits per heavy atom. The van der Waals surface area contributed by atoms with Crippen LogP contribution in [-0.4, -0.2) is 37.9 Å². The molecule has 166 valence electrons. The van der Waals surface area contributed by atoms with Gasteiger partial charge in [0.1, 0.15) is 5.75 Å². The van der Waals surface area contributed by atoms with Crippen molar-refractivity contribution >= 4 is 27.3 Å². The Hall–Kier alpha value is -3.59. The van der Waals surface area contributed by atoms with E-state index < -0.39 is 10.0 Å². The number of para-hydroxylation sites is 1. The number of ether oxygens (including phenoxy) is 1. The van der Waals surface area contributed by atoms with Crippen LogP contribution in [0.3, 0.4) is 0 Å². The van der Waals surface area contributed by atoms with Crippen molar-refractivity contribution in [1.82, 2.24) is 5.01 Å². The lowest BCUT2D eigenvalue weighted by Crippen LogP contribution is -2.27. The normalized spacial score (nSPS) is 16.0. The second kappa shape index (κ2) is 8.88. The number of benzene rings is 2. The molecule has 9 heteroatoms. The minimum atomic E-state index is -3.36. The molecule has 1 N–H and O–H groups in total. The summed E-state index contributed by atoms with van der Waals surface area (Å²) in [7, 11) is -1.77. The number of amides is 1. The van der Waals surface area contributed by atoms with Crippen molar-refractivity contribution in [3.8, 4) is 5.75 Å². The van der Waals surface area contributed by atoms with Gasteiger partial charge in [0, 0.05) is 17.7 Å². The zero-order valence-electron chi connectivity index (χ0n) is 17.7. The molecule has 0 bridgehead atoms. The third-order valence-corrected chi connectivity index (χ3v) is 6.53. The number of rotatable bonds is 7. The number of sulfonamides is 1. The van der Waals surface area contributed by atoms with E-state index in [4.69, 9.17) is 9.15 Å². The van der Waals surface area contributed by atoms with Gasteiger partial charge in [0.05, 0.1) is 30.9 Å². The molecule has 1 atom stereocenters. The summed E-state index contributed by atoms with van der Waals surface area (Å²) in [5.74, 6) is 0.495. The van der Waals surface area contributed by atoms with Crippen molar-refractivity contribution in [2.24, 2.45) is 5.10 Å². The number of hydrogen-bond acceptors (Lipinski definition) is 6. The van der Waals surface area contributed by atoms with Crippen molar-refractivity contribution in [2.45, 2.75) is 19.4 Å². The van der Waals surface area contributed by atoms with Crippen LogP contribution in [-0.2, 0) is 10.0 Å². The number of anilines is 1. The van der Waals surface area contributed by atoms with E-state index in [1.165, 1.54) is 11.3 Å². The minimum absolute atomic E-state index is 0.00804. The standard InChI is InChI=1S/C23H23N3O5S/c1-3-32(28,29)25-17-12-10-16(11-13-17)19-15-20(18-7-4-5-8-21(18)30-2)26(24-19)23(27)22-9-6-14-31-22/h4-14,20,25H,3,15H2,1-2H3/t20-/m0/s1. The average molecular weight is 454 g/mol. The molecule has 2 aromatic carbocycles. The molecule has 1 aromatic heterocycles. The number of carbonyl (C=O) groups excluding carboxylic acids is 1. The topological polar surface area (TPSA) is 101 Å². The summed E-state index contributed by atoms with van der Waals surface area (Å²) in [5.41, 5.74) is 2.80. The smallest absolute Gasteiger partial charge is 0.310 e. The number of furan rings is 1. The maximum absolute atomic E-state index is 13.1. The molecule has 4 rings (SSSR count). The van der Waals surface area contributed by atoms with E-state index in [-0.39, 0.29) is 23.5 Å². The van der Waals surface area contributed by atoms with Gasteiger partial charge in [-0.3, -0.25) is 9.52 Å². The zero-order chi connectivity index (χ0) is 22.7. The Morgan fingerprint density at radius 3 is 2.56 bits per heavy atom. The van der Waals surface area contributed by atoms with Crippen LogP contribution in [0.15, 0.2) is 76.4 Å². The van der Waals surface area contributed by atoms with Crippen LogP contribution in [0.2, 0.25) is 0 Å². The van der Waals surface area contributed by atoms with E-state index in [9.17, 15) is 13.2 Å². The average Bonchev–Trinajstić information content (AvgIpc) is 3.49. The molecule has 0 saturated carbocycles. The predicted octanol–water partition coefficient (Wildman–Crippen LogP) is 4.04. The number of hydrazone groups is 1. The Labute approximate surface area is 186 Å². The molecular formula is C23H23N3O5S. The highest BCUT2D eigenvalue weighted by Gasteiger charge is 2.36. The molecule has 1 amide bonds. The fraction of sp³-hybridized carbons (Fsp3) is 0.217. The maximum atomic E-state index is 13.1. The molecule has 8 nitrogen and oxygen atoms in total. The minimum Gasteiger partial charge on any atom is -0.496 e. The molecular weight excluding hydrogens is 430 g/mol. The van der Waals surface area contributed by atoms with Gasteiger partial charge in [-0.25, -0.2) is 13.4 Å². The van der Waals surface area contributed by atoms with E-state index in [0.717, 1.165) is 11.1 Å². The lowest BCUT2D eigenvalue weighted by Gasteiger charge is -2.22. The highest BCUT2D eigenvalue weighted by molar-refractivity contribution is 7.92. The fourth-order valence-electron chi connectivity index (χ4n) is 3.55. The van der Waals surface area contributed by atoms with Crippen LogP contribution in [0.5, 0.6) is 5.75 Å². The van der Waals surface area contributed by atoms with Gasteiger partial charge in [0.25, 0.3) is 0 Å². The van der Waals surface area contributed by atoms with Crippen LogP contribution < -0.4 is 9.46 Å². The van der Waals surface area contributed by atoms with Crippen molar-refractivity contribution in [2.75, 3.05) is 17.6 Å². The lowest BCUT2D eigenvalue weighted by atomic mass is 9.97. The second-order valence-electron chi connectivity index (χ2n) is 7.22. The molecule has 1 aliphatic heterocycles. The number of nitrogens with one attached hydrogen (secondary N) is 1. The number of carbonyl (C=O) groups is 1. The Bertz CT molecular complexity index is 1230. The van der Waals surface area contributed by atoms with E-state index in [1.807, 2.05) is 24.3 Å². The summed E-state index contributed by atoms with van der Waals surface area (Å²) in [6.45, 7) is 1.58. The van der Waals surface area contributed by atoms with Crippen LogP contribution in [0.4, 0.5) is 5.69 Å². The molecule has 0 fully saturated rings. The predicted molar refractivity (Wildman–Crippen MR) is 121 cm³/mol. The number of nitrogens with zero attached hydrogens (tertiary/aromatic N) is 2. The first-order valence-corrected chi connectivity index (χ1v) is 11.8. The monoisotopic (exact) mass is 453 g/mol. The molecule has 2 heterocycles. The maximum Gasteiger partial charge on any atom is 0.310 e. The Kier molecular flexibility index (Phi) is 6.00. The Morgan fingerprint density at radius 1 is 1.16 bits per heavy atom. The molecule has 32 heavy (non-hydrogen) atoms. The van der Waals surface area contributed by atoms with Crippen molar-refractivity contribution < 1.29 is 22.4 Å². The Balaban J connectivity index is 1.67. The summed E-state index contributed by atoms with van der Waals surface area (Å²) < 4.78 is 36.9. The van der Waals surface area contributed by atoms with Gasteiger partial charge in [-0.05, 0) is 42.8 Å². The molecule has 0 spiro atoms. The van der Waals surface area contributed by atoms with Gasteiger partial charge in [-0.1, -0.05) is 30.3 Å². The zero-order valence-corrected chi connectivity index (χ0v) is 18.5. The first-order chi connectivity index (χ1) is 15.4. The van der Waals surface area contributed by atoms with E-state index in [1.54, 1.807) is 50.4 Å². The van der Waals surface area contributed by atoms with Crippen molar-refractivity contribution in [1.29, 1.82) is 0 Å². The van der Waals surface area contributed by atoms with Gasteiger partial charge < -0.3 is 9.15 Å². The second-order valence-corrected chi connectivity index (χ2v) is 9.23.